The van der Waals surface area contributed by atoms with Crippen LogP contribution in [-0.4, -0.2) is 11.8 Å². The normalized spacial score (nSPS) is 16.9. The summed E-state index contributed by atoms with van der Waals surface area (Å²) >= 11 is 0. The van der Waals surface area contributed by atoms with Crippen molar-refractivity contribution in [3.05, 3.63) is 0 Å². The molecule has 2 N–H and O–H groups in total. The molecule has 0 saturated heterocycles. The van der Waals surface area contributed by atoms with Crippen LogP contribution in [0.5, 0.6) is 0 Å². The van der Waals surface area contributed by atoms with E-state index in [4.69, 9.17) is 5.73 Å². The fourth-order valence-corrected chi connectivity index (χ4v) is 0.724. The lowest BCUT2D eigenvalue weighted by molar-refractivity contribution is -0.120. The highest BCUT2D eigenvalue weighted by molar-refractivity contribution is 5.77. The van der Waals surface area contributed by atoms with Crippen LogP contribution in [0.3, 0.4) is 0 Å². The van der Waals surface area contributed by atoms with E-state index < -0.39 is 0 Å². The smallest absolute Gasteiger partial charge is 0.132 e. The average molecular weight is 129 g/mol. The molecule has 0 aliphatic heterocycles. The van der Waals surface area contributed by atoms with Gasteiger partial charge >= 0.3 is 0 Å². The Morgan fingerprint density at radius 1 is 1.56 bits per heavy atom. The topological polar surface area (TPSA) is 43.1 Å². The fraction of sp³-hybridized carbons (Fsp3) is 0.857. The molecule has 1 unspecified atom stereocenters. The van der Waals surface area contributed by atoms with E-state index in [9.17, 15) is 4.79 Å². The molecule has 0 bridgehead atoms. The van der Waals surface area contributed by atoms with Crippen molar-refractivity contribution in [1.29, 1.82) is 0 Å². The summed E-state index contributed by atoms with van der Waals surface area (Å²) < 4.78 is 0. The molecular weight excluding hydrogens is 114 g/mol. The van der Waals surface area contributed by atoms with Crippen LogP contribution in [-0.2, 0) is 4.79 Å². The van der Waals surface area contributed by atoms with Gasteiger partial charge in [0.05, 0.1) is 0 Å². The molecule has 54 valence electrons. The second-order valence-corrected chi connectivity index (χ2v) is 2.72. The van der Waals surface area contributed by atoms with E-state index in [-0.39, 0.29) is 17.7 Å². The number of rotatable bonds is 3. The summed E-state index contributed by atoms with van der Waals surface area (Å²) in [5.74, 6) is 0.359. The number of nitrogens with two attached hydrogens (primary N) is 1. The molecule has 0 spiro atoms. The Balaban J connectivity index is 3.50. The fourth-order valence-electron chi connectivity index (χ4n) is 0.724. The van der Waals surface area contributed by atoms with Crippen molar-refractivity contribution in [3.8, 4) is 0 Å². The molecule has 2 atom stereocenters. The van der Waals surface area contributed by atoms with Gasteiger partial charge in [0.15, 0.2) is 0 Å². The lowest BCUT2D eigenvalue weighted by atomic mass is 10.00. The number of carbonyl (C=O) groups is 1. The zero-order chi connectivity index (χ0) is 7.44. The van der Waals surface area contributed by atoms with Gasteiger partial charge in [0.1, 0.15) is 5.78 Å². The third-order valence-electron chi connectivity index (χ3n) is 1.42. The predicted molar refractivity (Wildman–Crippen MR) is 38.1 cm³/mol. The van der Waals surface area contributed by atoms with Crippen LogP contribution in [0.1, 0.15) is 27.2 Å². The molecule has 0 amide bonds. The summed E-state index contributed by atoms with van der Waals surface area (Å²) in [6, 6.07) is 0.142. The van der Waals surface area contributed by atoms with E-state index in [0.29, 0.717) is 0 Å². The van der Waals surface area contributed by atoms with Gasteiger partial charge < -0.3 is 5.73 Å². The van der Waals surface area contributed by atoms with E-state index in [2.05, 4.69) is 0 Å². The number of hydrogen-bond acceptors (Lipinski definition) is 2. The first kappa shape index (κ1) is 8.63. The maximum absolute atomic E-state index is 10.6. The third-order valence-corrected chi connectivity index (χ3v) is 1.42. The summed E-state index contributed by atoms with van der Waals surface area (Å²) in [6.45, 7) is 5.43. The molecule has 2 heteroatoms. The summed E-state index contributed by atoms with van der Waals surface area (Å²) in [5, 5.41) is 0. The Morgan fingerprint density at radius 3 is 2.11 bits per heavy atom. The summed E-state index contributed by atoms with van der Waals surface area (Å²) in [4.78, 5) is 10.6. The van der Waals surface area contributed by atoms with Crippen molar-refractivity contribution in [2.45, 2.75) is 33.2 Å². The lowest BCUT2D eigenvalue weighted by Gasteiger charge is -2.08. The Kier molecular flexibility index (Phi) is 3.47. The van der Waals surface area contributed by atoms with Gasteiger partial charge in [-0.3, -0.25) is 4.79 Å². The first-order valence-corrected chi connectivity index (χ1v) is 3.30. The maximum atomic E-state index is 10.6. The van der Waals surface area contributed by atoms with E-state index >= 15 is 0 Å². The van der Waals surface area contributed by atoms with Gasteiger partial charge in [-0.1, -0.05) is 6.92 Å². The van der Waals surface area contributed by atoms with Gasteiger partial charge in [0, 0.05) is 12.0 Å². The summed E-state index contributed by atoms with van der Waals surface area (Å²) in [6.07, 6.45) is 0.801. The standard InChI is InChI=1S/C7H15NO/c1-5(7(3)9)4-6(2)8/h5-6H,4,8H2,1-3H3/t5-,6?/m1/s1. The Hall–Kier alpha value is -0.370. The van der Waals surface area contributed by atoms with Crippen molar-refractivity contribution in [2.75, 3.05) is 0 Å². The lowest BCUT2D eigenvalue weighted by Crippen LogP contribution is -2.21. The van der Waals surface area contributed by atoms with Crippen LogP contribution in [0.2, 0.25) is 0 Å². The van der Waals surface area contributed by atoms with E-state index in [1.165, 1.54) is 0 Å². The monoisotopic (exact) mass is 129 g/mol. The Bertz CT molecular complexity index is 99.1. The van der Waals surface area contributed by atoms with Crippen molar-refractivity contribution in [1.82, 2.24) is 0 Å². The van der Waals surface area contributed by atoms with Crippen molar-refractivity contribution < 1.29 is 4.79 Å². The molecule has 9 heavy (non-hydrogen) atoms. The van der Waals surface area contributed by atoms with Crippen LogP contribution in [0.15, 0.2) is 0 Å². The largest absolute Gasteiger partial charge is 0.328 e. The van der Waals surface area contributed by atoms with Crippen LogP contribution in [0.4, 0.5) is 0 Å². The van der Waals surface area contributed by atoms with Gasteiger partial charge in [0.2, 0.25) is 0 Å². The minimum Gasteiger partial charge on any atom is -0.328 e. The number of carbonyl (C=O) groups excluding carboxylic acids is 1. The molecule has 0 aliphatic rings. The van der Waals surface area contributed by atoms with Crippen LogP contribution >= 0.6 is 0 Å². The first-order valence-electron chi connectivity index (χ1n) is 3.30. The number of ketones is 1. The quantitative estimate of drug-likeness (QED) is 0.616. The Labute approximate surface area is 56.4 Å². The first-order chi connectivity index (χ1) is 4.04. The second kappa shape index (κ2) is 3.62. The average Bonchev–Trinajstić information content (AvgIpc) is 1.63. The van der Waals surface area contributed by atoms with Gasteiger partial charge in [-0.25, -0.2) is 0 Å². The van der Waals surface area contributed by atoms with Gasteiger partial charge in [-0.05, 0) is 20.3 Å². The molecule has 0 fully saturated rings. The third kappa shape index (κ3) is 4.15. The van der Waals surface area contributed by atoms with Gasteiger partial charge in [-0.2, -0.15) is 0 Å². The van der Waals surface area contributed by atoms with E-state index in [0.717, 1.165) is 6.42 Å². The molecule has 0 rings (SSSR count). The Morgan fingerprint density at radius 2 is 2.00 bits per heavy atom. The highest BCUT2D eigenvalue weighted by Crippen LogP contribution is 2.04. The second-order valence-electron chi connectivity index (χ2n) is 2.72. The zero-order valence-corrected chi connectivity index (χ0v) is 6.35. The summed E-state index contributed by atoms with van der Waals surface area (Å²) in [5.41, 5.74) is 5.48. The van der Waals surface area contributed by atoms with Crippen molar-refractivity contribution in [3.63, 3.8) is 0 Å². The van der Waals surface area contributed by atoms with Gasteiger partial charge in [0.25, 0.3) is 0 Å². The highest BCUT2D eigenvalue weighted by Gasteiger charge is 2.08. The SMILES string of the molecule is CC(=O)[C@H](C)CC(C)N. The van der Waals surface area contributed by atoms with Crippen LogP contribution < -0.4 is 5.73 Å². The molecule has 2 nitrogen and oxygen atoms in total. The van der Waals surface area contributed by atoms with Crippen LogP contribution in [0.25, 0.3) is 0 Å². The maximum Gasteiger partial charge on any atom is 0.132 e. The van der Waals surface area contributed by atoms with Gasteiger partial charge in [-0.15, -0.1) is 0 Å². The molecule has 0 heterocycles. The number of hydrogen-bond donors (Lipinski definition) is 1. The van der Waals surface area contributed by atoms with Crippen molar-refractivity contribution >= 4 is 5.78 Å². The molecule has 0 aromatic rings. The van der Waals surface area contributed by atoms with Crippen molar-refractivity contribution in [2.24, 2.45) is 11.7 Å². The molecule has 0 aromatic heterocycles. The minimum atomic E-state index is 0.130. The summed E-state index contributed by atoms with van der Waals surface area (Å²) in [7, 11) is 0. The van der Waals surface area contributed by atoms with E-state index in [1.54, 1.807) is 6.92 Å². The molecular formula is C7H15NO. The zero-order valence-electron chi connectivity index (χ0n) is 6.35. The molecule has 0 aliphatic carbocycles. The predicted octanol–water partition coefficient (Wildman–Crippen LogP) is 0.949. The highest BCUT2D eigenvalue weighted by atomic mass is 16.1. The van der Waals surface area contributed by atoms with E-state index in [1.807, 2.05) is 13.8 Å². The van der Waals surface area contributed by atoms with Crippen LogP contribution in [0, 0.1) is 5.92 Å². The molecule has 0 saturated carbocycles. The molecule has 0 radical (unpaired) electrons. The molecule has 0 aromatic carbocycles. The number of Topliss-reactive ketones (excluding diaryl/α,β-unsaturated/α-hetero) is 1. The minimum absolute atomic E-state index is 0.130.